The second-order valence-electron chi connectivity index (χ2n) is 5.87. The molecule has 0 aliphatic heterocycles. The monoisotopic (exact) mass is 371 g/mol. The topological polar surface area (TPSA) is 3.24 Å². The average molecular weight is 371 g/mol. The number of hydrogen-bond acceptors (Lipinski definition) is 1. The molecular formula is C17H26IN. The first-order valence-corrected chi connectivity index (χ1v) is 9.08. The molecule has 0 heterocycles. The van der Waals surface area contributed by atoms with Gasteiger partial charge >= 0.3 is 0 Å². The first-order chi connectivity index (χ1) is 9.20. The van der Waals surface area contributed by atoms with Crippen molar-refractivity contribution in [1.29, 1.82) is 0 Å². The van der Waals surface area contributed by atoms with Crippen LogP contribution in [0.5, 0.6) is 0 Å². The summed E-state index contributed by atoms with van der Waals surface area (Å²) in [6.45, 7) is 8.14. The highest BCUT2D eigenvalue weighted by atomic mass is 127. The molecule has 2 rings (SSSR count). The Bertz CT molecular complexity index is 381. The van der Waals surface area contributed by atoms with E-state index in [0.717, 1.165) is 0 Å². The molecule has 0 bridgehead atoms. The summed E-state index contributed by atoms with van der Waals surface area (Å²) in [5.74, 6) is 0. The van der Waals surface area contributed by atoms with Gasteiger partial charge in [-0.15, -0.1) is 0 Å². The quantitative estimate of drug-likeness (QED) is 0.502. The molecule has 0 N–H and O–H groups in total. The maximum Gasteiger partial charge on any atom is 0.0123 e. The van der Waals surface area contributed by atoms with Crippen molar-refractivity contribution in [3.05, 3.63) is 35.4 Å². The zero-order valence-corrected chi connectivity index (χ0v) is 14.4. The summed E-state index contributed by atoms with van der Waals surface area (Å²) < 4.78 is 1.24. The first-order valence-electron chi connectivity index (χ1n) is 7.56. The molecule has 1 fully saturated rings. The van der Waals surface area contributed by atoms with Crippen LogP contribution in [-0.4, -0.2) is 29.0 Å². The van der Waals surface area contributed by atoms with Crippen LogP contribution in [-0.2, 0) is 5.41 Å². The SMILES string of the molecule is CCN(CCI)CCC1(c2ccc(C)cc2)CCC1. The van der Waals surface area contributed by atoms with Gasteiger partial charge in [-0.05, 0) is 50.3 Å². The van der Waals surface area contributed by atoms with E-state index in [-0.39, 0.29) is 0 Å². The lowest BCUT2D eigenvalue weighted by Crippen LogP contribution is -2.39. The molecule has 1 aromatic rings. The predicted molar refractivity (Wildman–Crippen MR) is 92.3 cm³/mol. The van der Waals surface area contributed by atoms with Gasteiger partial charge in [0.2, 0.25) is 0 Å². The smallest absolute Gasteiger partial charge is 0.0123 e. The molecule has 0 radical (unpaired) electrons. The van der Waals surface area contributed by atoms with Crippen LogP contribution < -0.4 is 0 Å². The zero-order valence-electron chi connectivity index (χ0n) is 12.3. The second-order valence-corrected chi connectivity index (χ2v) is 6.95. The molecule has 0 unspecified atom stereocenters. The highest BCUT2D eigenvalue weighted by Gasteiger charge is 2.38. The summed E-state index contributed by atoms with van der Waals surface area (Å²) in [4.78, 5) is 2.60. The van der Waals surface area contributed by atoms with Crippen LogP contribution in [0.3, 0.4) is 0 Å². The third kappa shape index (κ3) is 3.72. The lowest BCUT2D eigenvalue weighted by Gasteiger charge is -2.44. The number of alkyl halides is 1. The fourth-order valence-electron chi connectivity index (χ4n) is 3.11. The summed E-state index contributed by atoms with van der Waals surface area (Å²) in [5.41, 5.74) is 3.44. The molecule has 1 nitrogen and oxygen atoms in total. The van der Waals surface area contributed by atoms with Gasteiger partial charge in [0.05, 0.1) is 0 Å². The van der Waals surface area contributed by atoms with Gasteiger partial charge in [-0.2, -0.15) is 0 Å². The third-order valence-electron chi connectivity index (χ3n) is 4.73. The Labute approximate surface area is 131 Å². The lowest BCUT2D eigenvalue weighted by molar-refractivity contribution is 0.184. The van der Waals surface area contributed by atoms with E-state index in [0.29, 0.717) is 5.41 Å². The highest BCUT2D eigenvalue weighted by molar-refractivity contribution is 14.1. The second kappa shape index (κ2) is 7.07. The normalized spacial score (nSPS) is 17.5. The van der Waals surface area contributed by atoms with Crippen molar-refractivity contribution in [2.75, 3.05) is 24.1 Å². The maximum absolute atomic E-state index is 2.60. The molecule has 2 heteroatoms. The largest absolute Gasteiger partial charge is 0.303 e. The zero-order chi connectivity index (χ0) is 13.7. The van der Waals surface area contributed by atoms with E-state index in [4.69, 9.17) is 0 Å². The fraction of sp³-hybridized carbons (Fsp3) is 0.647. The van der Waals surface area contributed by atoms with E-state index in [1.165, 1.54) is 55.3 Å². The van der Waals surface area contributed by atoms with Gasteiger partial charge in [0.15, 0.2) is 0 Å². The molecule has 106 valence electrons. The first kappa shape index (κ1) is 15.3. The molecule has 1 aliphatic rings. The van der Waals surface area contributed by atoms with Gasteiger partial charge in [0.25, 0.3) is 0 Å². The van der Waals surface area contributed by atoms with Crippen molar-refractivity contribution in [1.82, 2.24) is 4.90 Å². The molecule has 1 saturated carbocycles. The lowest BCUT2D eigenvalue weighted by atomic mass is 9.62. The van der Waals surface area contributed by atoms with Crippen LogP contribution in [0.15, 0.2) is 24.3 Å². The fourth-order valence-corrected chi connectivity index (χ4v) is 3.80. The van der Waals surface area contributed by atoms with Crippen LogP contribution in [0.25, 0.3) is 0 Å². The Balaban J connectivity index is 2.00. The minimum absolute atomic E-state index is 0.492. The summed E-state index contributed by atoms with van der Waals surface area (Å²) >= 11 is 2.48. The molecule has 0 spiro atoms. The predicted octanol–water partition coefficient (Wildman–Crippen LogP) is 4.56. The molecule has 0 saturated heterocycles. The van der Waals surface area contributed by atoms with Gasteiger partial charge in [-0.1, -0.05) is 65.8 Å². The number of aryl methyl sites for hydroxylation is 1. The van der Waals surface area contributed by atoms with Crippen LogP contribution in [0.2, 0.25) is 0 Å². The molecule has 1 aromatic carbocycles. The molecule has 0 atom stereocenters. The van der Waals surface area contributed by atoms with Gasteiger partial charge in [-0.3, -0.25) is 0 Å². The number of hydrogen-bond donors (Lipinski definition) is 0. The third-order valence-corrected chi connectivity index (χ3v) is 5.21. The summed E-state index contributed by atoms with van der Waals surface area (Å²) in [5, 5.41) is 0. The van der Waals surface area contributed by atoms with E-state index < -0.39 is 0 Å². The Hall–Kier alpha value is -0.0900. The molecular weight excluding hydrogens is 345 g/mol. The van der Waals surface area contributed by atoms with Crippen LogP contribution in [0.4, 0.5) is 0 Å². The minimum atomic E-state index is 0.492. The molecule has 1 aliphatic carbocycles. The maximum atomic E-state index is 2.60. The standard InChI is InChI=1S/C17H26IN/c1-3-19(14-12-18)13-11-17(9-4-10-17)16-7-5-15(2)6-8-16/h5-8H,3-4,9-14H2,1-2H3. The Morgan fingerprint density at radius 1 is 1.16 bits per heavy atom. The molecule has 0 amide bonds. The number of benzene rings is 1. The molecule has 0 aromatic heterocycles. The van der Waals surface area contributed by atoms with Crippen LogP contribution >= 0.6 is 22.6 Å². The Morgan fingerprint density at radius 3 is 2.32 bits per heavy atom. The number of halogens is 1. The van der Waals surface area contributed by atoms with E-state index in [2.05, 4.69) is 65.6 Å². The van der Waals surface area contributed by atoms with Crippen molar-refractivity contribution >= 4 is 22.6 Å². The van der Waals surface area contributed by atoms with Gasteiger partial charge in [-0.25, -0.2) is 0 Å². The van der Waals surface area contributed by atoms with Crippen LogP contribution in [0.1, 0.15) is 43.7 Å². The van der Waals surface area contributed by atoms with E-state index in [9.17, 15) is 0 Å². The number of rotatable bonds is 7. The van der Waals surface area contributed by atoms with Gasteiger partial charge in [0, 0.05) is 11.0 Å². The average Bonchev–Trinajstić information content (AvgIpc) is 2.38. The van der Waals surface area contributed by atoms with Gasteiger partial charge < -0.3 is 4.90 Å². The van der Waals surface area contributed by atoms with Crippen molar-refractivity contribution in [2.24, 2.45) is 0 Å². The number of nitrogens with zero attached hydrogens (tertiary/aromatic N) is 1. The minimum Gasteiger partial charge on any atom is -0.303 e. The van der Waals surface area contributed by atoms with E-state index >= 15 is 0 Å². The Kier molecular flexibility index (Phi) is 5.70. The van der Waals surface area contributed by atoms with Crippen LogP contribution in [0, 0.1) is 6.92 Å². The summed E-state index contributed by atoms with van der Waals surface area (Å²) in [7, 11) is 0. The van der Waals surface area contributed by atoms with Crippen molar-refractivity contribution < 1.29 is 0 Å². The van der Waals surface area contributed by atoms with Crippen molar-refractivity contribution in [3.8, 4) is 0 Å². The van der Waals surface area contributed by atoms with Gasteiger partial charge in [0.1, 0.15) is 0 Å². The summed E-state index contributed by atoms with van der Waals surface area (Å²) in [6.07, 6.45) is 5.52. The van der Waals surface area contributed by atoms with Crippen molar-refractivity contribution in [2.45, 2.75) is 44.9 Å². The van der Waals surface area contributed by atoms with E-state index in [1.807, 2.05) is 0 Å². The Morgan fingerprint density at radius 2 is 1.84 bits per heavy atom. The molecule has 19 heavy (non-hydrogen) atoms. The summed E-state index contributed by atoms with van der Waals surface area (Å²) in [6, 6.07) is 9.28. The van der Waals surface area contributed by atoms with Crippen molar-refractivity contribution in [3.63, 3.8) is 0 Å². The highest BCUT2D eigenvalue weighted by Crippen LogP contribution is 2.46. The van der Waals surface area contributed by atoms with E-state index in [1.54, 1.807) is 5.56 Å².